The first-order valence-electron chi connectivity index (χ1n) is 8.72. The van der Waals surface area contributed by atoms with Gasteiger partial charge in [0, 0.05) is 38.3 Å². The van der Waals surface area contributed by atoms with Crippen molar-refractivity contribution < 1.29 is 27.0 Å². The van der Waals surface area contributed by atoms with Crippen LogP contribution in [0.15, 0.2) is 41.3 Å². The fourth-order valence-electron chi connectivity index (χ4n) is 3.23. The van der Waals surface area contributed by atoms with Crippen molar-refractivity contribution in [1.29, 1.82) is 0 Å². The van der Waals surface area contributed by atoms with E-state index in [4.69, 9.17) is 14.2 Å². The van der Waals surface area contributed by atoms with Crippen LogP contribution in [0.4, 0.5) is 10.1 Å². The minimum absolute atomic E-state index is 0.139. The largest absolute Gasteiger partial charge is 0.495 e. The van der Waals surface area contributed by atoms with Crippen LogP contribution in [-0.2, 0) is 10.0 Å². The molecule has 7 nitrogen and oxygen atoms in total. The summed E-state index contributed by atoms with van der Waals surface area (Å²) in [5, 5.41) is 0. The third-order valence-electron chi connectivity index (χ3n) is 4.72. The lowest BCUT2D eigenvalue weighted by molar-refractivity contribution is 0.348. The number of hydrogen-bond acceptors (Lipinski definition) is 6. The number of hydrogen-bond donors (Lipinski definition) is 0. The average molecular weight is 410 g/mol. The van der Waals surface area contributed by atoms with E-state index >= 15 is 0 Å². The van der Waals surface area contributed by atoms with Crippen LogP contribution in [0.5, 0.6) is 17.2 Å². The SMILES string of the molecule is COc1cc(F)c(S(=O)(=O)N2CCN(c3ccccc3OC)CC2)cc1OC. The number of piperazine rings is 1. The number of methoxy groups -OCH3 is 3. The van der Waals surface area contributed by atoms with E-state index in [0.717, 1.165) is 23.6 Å². The Balaban J connectivity index is 1.82. The van der Waals surface area contributed by atoms with E-state index in [1.165, 1.54) is 18.5 Å². The highest BCUT2D eigenvalue weighted by atomic mass is 32.2. The highest BCUT2D eigenvalue weighted by Crippen LogP contribution is 2.34. The lowest BCUT2D eigenvalue weighted by Crippen LogP contribution is -2.48. The number of sulfonamides is 1. The number of benzene rings is 2. The van der Waals surface area contributed by atoms with Crippen molar-refractivity contribution in [2.75, 3.05) is 52.4 Å². The molecule has 28 heavy (non-hydrogen) atoms. The normalized spacial score (nSPS) is 15.4. The minimum Gasteiger partial charge on any atom is -0.495 e. The van der Waals surface area contributed by atoms with Gasteiger partial charge in [-0.25, -0.2) is 12.8 Å². The summed E-state index contributed by atoms with van der Waals surface area (Å²) in [5.41, 5.74) is 0.902. The maximum atomic E-state index is 14.5. The molecule has 2 aromatic carbocycles. The Morgan fingerprint density at radius 2 is 1.43 bits per heavy atom. The summed E-state index contributed by atoms with van der Waals surface area (Å²) < 4.78 is 57.3. The predicted octanol–water partition coefficient (Wildman–Crippen LogP) is 2.36. The zero-order valence-electron chi connectivity index (χ0n) is 16.0. The fourth-order valence-corrected chi connectivity index (χ4v) is 4.72. The maximum Gasteiger partial charge on any atom is 0.246 e. The number of anilines is 1. The molecule has 0 aromatic heterocycles. The van der Waals surface area contributed by atoms with Gasteiger partial charge in [0.05, 0.1) is 27.0 Å². The molecule has 0 radical (unpaired) electrons. The van der Waals surface area contributed by atoms with Crippen LogP contribution in [0.1, 0.15) is 0 Å². The number of halogens is 1. The first kappa shape index (κ1) is 20.2. The summed E-state index contributed by atoms with van der Waals surface area (Å²) in [5.74, 6) is 0.157. The summed E-state index contributed by atoms with van der Waals surface area (Å²) in [6.07, 6.45) is 0. The molecule has 3 rings (SSSR count). The van der Waals surface area contributed by atoms with Gasteiger partial charge in [-0.2, -0.15) is 4.31 Å². The number of rotatable bonds is 6. The molecule has 0 saturated carbocycles. The molecule has 0 unspecified atom stereocenters. The van der Waals surface area contributed by atoms with Gasteiger partial charge in [-0.3, -0.25) is 0 Å². The van der Waals surface area contributed by atoms with Crippen LogP contribution >= 0.6 is 0 Å². The lowest BCUT2D eigenvalue weighted by Gasteiger charge is -2.36. The Morgan fingerprint density at radius 1 is 0.857 bits per heavy atom. The van der Waals surface area contributed by atoms with E-state index in [1.54, 1.807) is 7.11 Å². The van der Waals surface area contributed by atoms with Crippen LogP contribution in [0, 0.1) is 5.82 Å². The number of para-hydroxylation sites is 2. The highest BCUT2D eigenvalue weighted by Gasteiger charge is 2.32. The van der Waals surface area contributed by atoms with Gasteiger partial charge in [-0.15, -0.1) is 0 Å². The number of ether oxygens (including phenoxy) is 3. The van der Waals surface area contributed by atoms with Gasteiger partial charge in [0.2, 0.25) is 10.0 Å². The van der Waals surface area contributed by atoms with Gasteiger partial charge >= 0.3 is 0 Å². The van der Waals surface area contributed by atoms with Gasteiger partial charge in [-0.1, -0.05) is 12.1 Å². The molecule has 1 aliphatic rings. The van der Waals surface area contributed by atoms with Crippen molar-refractivity contribution in [3.63, 3.8) is 0 Å². The predicted molar refractivity (Wildman–Crippen MR) is 103 cm³/mol. The second-order valence-corrected chi connectivity index (χ2v) is 8.11. The highest BCUT2D eigenvalue weighted by molar-refractivity contribution is 7.89. The topological polar surface area (TPSA) is 68.3 Å². The molecule has 0 aliphatic carbocycles. The average Bonchev–Trinajstić information content (AvgIpc) is 2.73. The summed E-state index contributed by atoms with van der Waals surface area (Å²) in [7, 11) is 0.327. The molecule has 0 bridgehead atoms. The first-order chi connectivity index (χ1) is 13.4. The zero-order chi connectivity index (χ0) is 20.3. The quantitative estimate of drug-likeness (QED) is 0.728. The van der Waals surface area contributed by atoms with Crippen LogP contribution in [-0.4, -0.2) is 60.2 Å². The van der Waals surface area contributed by atoms with E-state index in [9.17, 15) is 12.8 Å². The van der Waals surface area contributed by atoms with E-state index in [1.807, 2.05) is 24.3 Å². The molecule has 0 N–H and O–H groups in total. The Morgan fingerprint density at radius 3 is 2.04 bits per heavy atom. The number of nitrogens with zero attached hydrogens (tertiary/aromatic N) is 2. The molecule has 0 atom stereocenters. The molecular formula is C19H23FN2O5S. The summed E-state index contributed by atoms with van der Waals surface area (Å²) >= 11 is 0. The van der Waals surface area contributed by atoms with Crippen molar-refractivity contribution in [2.45, 2.75) is 4.90 Å². The Hall–Kier alpha value is -2.52. The lowest BCUT2D eigenvalue weighted by atomic mass is 10.2. The van der Waals surface area contributed by atoms with E-state index in [-0.39, 0.29) is 24.6 Å². The standard InChI is InChI=1S/C19H23FN2O5S/c1-25-16-7-5-4-6-15(16)21-8-10-22(11-9-21)28(23,24)19-13-18(27-3)17(26-2)12-14(19)20/h4-7,12-13H,8-11H2,1-3H3. The maximum absolute atomic E-state index is 14.5. The summed E-state index contributed by atoms with van der Waals surface area (Å²) in [6, 6.07) is 9.75. The molecule has 2 aromatic rings. The van der Waals surface area contributed by atoms with E-state index in [2.05, 4.69) is 4.90 Å². The molecule has 1 heterocycles. The second-order valence-electron chi connectivity index (χ2n) is 6.20. The molecule has 0 amide bonds. The van der Waals surface area contributed by atoms with E-state index < -0.39 is 20.7 Å². The van der Waals surface area contributed by atoms with Gasteiger partial charge in [-0.05, 0) is 12.1 Å². The van der Waals surface area contributed by atoms with Crippen LogP contribution < -0.4 is 19.1 Å². The van der Waals surface area contributed by atoms with Crippen molar-refractivity contribution in [3.8, 4) is 17.2 Å². The van der Waals surface area contributed by atoms with Gasteiger partial charge in [0.25, 0.3) is 0 Å². The van der Waals surface area contributed by atoms with Crippen molar-refractivity contribution in [2.24, 2.45) is 0 Å². The fraction of sp³-hybridized carbons (Fsp3) is 0.368. The Labute approximate surface area is 164 Å². The molecule has 1 saturated heterocycles. The molecule has 9 heteroatoms. The molecule has 1 fully saturated rings. The third-order valence-corrected chi connectivity index (χ3v) is 6.63. The molecular weight excluding hydrogens is 387 g/mol. The molecule has 1 aliphatic heterocycles. The van der Waals surface area contributed by atoms with Crippen LogP contribution in [0.25, 0.3) is 0 Å². The summed E-state index contributed by atoms with van der Waals surface area (Å²) in [6.45, 7) is 1.39. The third kappa shape index (κ3) is 3.72. The van der Waals surface area contributed by atoms with Crippen molar-refractivity contribution in [1.82, 2.24) is 4.31 Å². The van der Waals surface area contributed by atoms with Crippen molar-refractivity contribution >= 4 is 15.7 Å². The first-order valence-corrected chi connectivity index (χ1v) is 10.2. The van der Waals surface area contributed by atoms with Crippen LogP contribution in [0.3, 0.4) is 0 Å². The summed E-state index contributed by atoms with van der Waals surface area (Å²) in [4.78, 5) is 1.63. The molecule has 0 spiro atoms. The van der Waals surface area contributed by atoms with Gasteiger partial charge < -0.3 is 19.1 Å². The minimum atomic E-state index is -4.01. The Bertz CT molecular complexity index is 943. The monoisotopic (exact) mass is 410 g/mol. The zero-order valence-corrected chi connectivity index (χ0v) is 16.8. The van der Waals surface area contributed by atoms with Gasteiger partial charge in [0.15, 0.2) is 11.5 Å². The Kier molecular flexibility index (Phi) is 5.95. The van der Waals surface area contributed by atoms with Crippen molar-refractivity contribution in [3.05, 3.63) is 42.2 Å². The van der Waals surface area contributed by atoms with E-state index in [0.29, 0.717) is 13.1 Å². The second kappa shape index (κ2) is 8.24. The van der Waals surface area contributed by atoms with Gasteiger partial charge in [0.1, 0.15) is 16.5 Å². The van der Waals surface area contributed by atoms with Crippen LogP contribution in [0.2, 0.25) is 0 Å². The smallest absolute Gasteiger partial charge is 0.246 e. The molecule has 152 valence electrons.